The van der Waals surface area contributed by atoms with Gasteiger partial charge in [-0.2, -0.15) is 0 Å². The van der Waals surface area contributed by atoms with Crippen LogP contribution in [0.2, 0.25) is 0 Å². The number of carbonyl (C=O) groups excluding carboxylic acids is 1. The number of rotatable bonds is 3. The maximum atomic E-state index is 11.9. The van der Waals surface area contributed by atoms with Gasteiger partial charge in [0.15, 0.2) is 11.5 Å². The van der Waals surface area contributed by atoms with E-state index in [1.54, 1.807) is 6.07 Å². The molecule has 1 fully saturated rings. The topological polar surface area (TPSA) is 56.8 Å². The van der Waals surface area contributed by atoms with Gasteiger partial charge in [-0.1, -0.05) is 0 Å². The standard InChI is InChI=1S/C14H17NO4/c16-14(9-11-2-1-5-17-11)15-10-3-4-12-13(8-10)19-7-6-18-12/h3-4,8,11H,1-2,5-7,9H2,(H,15,16). The minimum absolute atomic E-state index is 0.0245. The van der Waals surface area contributed by atoms with Crippen LogP contribution in [-0.4, -0.2) is 31.8 Å². The Bertz CT molecular complexity index is 469. The first-order chi connectivity index (χ1) is 9.31. The highest BCUT2D eigenvalue weighted by molar-refractivity contribution is 5.91. The highest BCUT2D eigenvalue weighted by Crippen LogP contribution is 2.32. The molecule has 19 heavy (non-hydrogen) atoms. The Morgan fingerprint density at radius 1 is 1.21 bits per heavy atom. The van der Waals surface area contributed by atoms with Gasteiger partial charge in [-0.05, 0) is 25.0 Å². The van der Waals surface area contributed by atoms with Crippen molar-refractivity contribution in [1.82, 2.24) is 0 Å². The van der Waals surface area contributed by atoms with Crippen molar-refractivity contribution in [3.05, 3.63) is 18.2 Å². The zero-order chi connectivity index (χ0) is 13.1. The SMILES string of the molecule is O=C(CC1CCCO1)Nc1ccc2c(c1)OCCO2. The van der Waals surface area contributed by atoms with Gasteiger partial charge in [0.05, 0.1) is 12.5 Å². The molecule has 0 saturated carbocycles. The van der Waals surface area contributed by atoms with Gasteiger partial charge in [-0.15, -0.1) is 0 Å². The molecule has 1 aromatic carbocycles. The van der Waals surface area contributed by atoms with Crippen LogP contribution in [-0.2, 0) is 9.53 Å². The lowest BCUT2D eigenvalue weighted by molar-refractivity contribution is -0.118. The first-order valence-electron chi connectivity index (χ1n) is 6.62. The van der Waals surface area contributed by atoms with Crippen LogP contribution in [0.4, 0.5) is 5.69 Å². The third kappa shape index (κ3) is 2.98. The van der Waals surface area contributed by atoms with Gasteiger partial charge >= 0.3 is 0 Å². The average Bonchev–Trinajstić information content (AvgIpc) is 2.91. The van der Waals surface area contributed by atoms with E-state index in [0.717, 1.165) is 30.9 Å². The summed E-state index contributed by atoms with van der Waals surface area (Å²) in [7, 11) is 0. The van der Waals surface area contributed by atoms with Crippen LogP contribution in [0, 0.1) is 0 Å². The Morgan fingerprint density at radius 2 is 2.05 bits per heavy atom. The molecule has 1 atom stereocenters. The molecule has 1 aromatic rings. The number of amides is 1. The number of hydrogen-bond donors (Lipinski definition) is 1. The van der Waals surface area contributed by atoms with E-state index in [9.17, 15) is 4.79 Å². The predicted octanol–water partition coefficient (Wildman–Crippen LogP) is 1.97. The van der Waals surface area contributed by atoms with Crippen LogP contribution >= 0.6 is 0 Å². The molecule has 1 N–H and O–H groups in total. The first-order valence-corrected chi connectivity index (χ1v) is 6.62. The lowest BCUT2D eigenvalue weighted by atomic mass is 10.1. The van der Waals surface area contributed by atoms with Gasteiger partial charge in [0.2, 0.25) is 5.91 Å². The van der Waals surface area contributed by atoms with E-state index in [-0.39, 0.29) is 12.0 Å². The van der Waals surface area contributed by atoms with E-state index in [1.807, 2.05) is 12.1 Å². The van der Waals surface area contributed by atoms with E-state index in [2.05, 4.69) is 5.32 Å². The van der Waals surface area contributed by atoms with Crippen molar-refractivity contribution in [3.8, 4) is 11.5 Å². The van der Waals surface area contributed by atoms with E-state index < -0.39 is 0 Å². The lowest BCUT2D eigenvalue weighted by Crippen LogP contribution is -2.20. The van der Waals surface area contributed by atoms with Crippen molar-refractivity contribution in [3.63, 3.8) is 0 Å². The molecule has 2 aliphatic rings. The maximum Gasteiger partial charge on any atom is 0.226 e. The van der Waals surface area contributed by atoms with Crippen molar-refractivity contribution >= 4 is 11.6 Å². The second-order valence-corrected chi connectivity index (χ2v) is 4.75. The molecule has 5 heteroatoms. The summed E-state index contributed by atoms with van der Waals surface area (Å²) >= 11 is 0. The van der Waals surface area contributed by atoms with E-state index in [1.165, 1.54) is 0 Å². The predicted molar refractivity (Wildman–Crippen MR) is 69.7 cm³/mol. The number of benzene rings is 1. The van der Waals surface area contributed by atoms with Crippen LogP contribution < -0.4 is 14.8 Å². The molecule has 102 valence electrons. The smallest absolute Gasteiger partial charge is 0.226 e. The molecular weight excluding hydrogens is 246 g/mol. The van der Waals surface area contributed by atoms with E-state index in [4.69, 9.17) is 14.2 Å². The molecule has 1 unspecified atom stereocenters. The summed E-state index contributed by atoms with van der Waals surface area (Å²) < 4.78 is 16.4. The molecule has 0 radical (unpaired) electrons. The molecule has 2 aliphatic heterocycles. The number of carbonyl (C=O) groups is 1. The quantitative estimate of drug-likeness (QED) is 0.905. The minimum Gasteiger partial charge on any atom is -0.486 e. The summed E-state index contributed by atoms with van der Waals surface area (Å²) in [6.07, 6.45) is 2.49. The molecular formula is C14H17NO4. The van der Waals surface area contributed by atoms with Crippen molar-refractivity contribution in [2.75, 3.05) is 25.1 Å². The summed E-state index contributed by atoms with van der Waals surface area (Å²) in [5.41, 5.74) is 0.729. The van der Waals surface area contributed by atoms with Gasteiger partial charge in [-0.3, -0.25) is 4.79 Å². The summed E-state index contributed by atoms with van der Waals surface area (Å²) in [4.78, 5) is 11.9. The summed E-state index contributed by atoms with van der Waals surface area (Å²) in [6, 6.07) is 5.43. The van der Waals surface area contributed by atoms with E-state index >= 15 is 0 Å². The molecule has 0 spiro atoms. The Morgan fingerprint density at radius 3 is 2.84 bits per heavy atom. The molecule has 1 saturated heterocycles. The van der Waals surface area contributed by atoms with Gasteiger partial charge in [0.1, 0.15) is 13.2 Å². The first kappa shape index (κ1) is 12.3. The van der Waals surface area contributed by atoms with Crippen LogP contribution in [0.3, 0.4) is 0 Å². The lowest BCUT2D eigenvalue weighted by Gasteiger charge is -2.19. The van der Waals surface area contributed by atoms with E-state index in [0.29, 0.717) is 25.4 Å². The number of anilines is 1. The summed E-state index contributed by atoms with van der Waals surface area (Å²) in [6.45, 7) is 1.88. The monoisotopic (exact) mass is 263 g/mol. The van der Waals surface area contributed by atoms with Crippen LogP contribution in [0.1, 0.15) is 19.3 Å². The average molecular weight is 263 g/mol. The third-order valence-electron chi connectivity index (χ3n) is 3.26. The second-order valence-electron chi connectivity index (χ2n) is 4.75. The van der Waals surface area contributed by atoms with Crippen molar-refractivity contribution in [2.45, 2.75) is 25.4 Å². The van der Waals surface area contributed by atoms with Crippen molar-refractivity contribution < 1.29 is 19.0 Å². The Kier molecular flexibility index (Phi) is 3.55. The largest absolute Gasteiger partial charge is 0.486 e. The summed E-state index contributed by atoms with van der Waals surface area (Å²) in [5, 5.41) is 2.86. The minimum atomic E-state index is -0.0245. The molecule has 3 rings (SSSR count). The van der Waals surface area contributed by atoms with Crippen LogP contribution in [0.25, 0.3) is 0 Å². The Labute approximate surface area is 111 Å². The number of nitrogens with one attached hydrogen (secondary N) is 1. The number of fused-ring (bicyclic) bond motifs is 1. The fourth-order valence-corrected chi connectivity index (χ4v) is 2.35. The molecule has 5 nitrogen and oxygen atoms in total. The Balaban J connectivity index is 1.61. The second kappa shape index (κ2) is 5.48. The maximum absolute atomic E-state index is 11.9. The van der Waals surface area contributed by atoms with Crippen molar-refractivity contribution in [2.24, 2.45) is 0 Å². The molecule has 2 heterocycles. The fraction of sp³-hybridized carbons (Fsp3) is 0.500. The zero-order valence-electron chi connectivity index (χ0n) is 10.7. The normalized spacial score (nSPS) is 21.2. The molecule has 0 bridgehead atoms. The van der Waals surface area contributed by atoms with Gasteiger partial charge in [0, 0.05) is 18.4 Å². The highest BCUT2D eigenvalue weighted by Gasteiger charge is 2.19. The zero-order valence-corrected chi connectivity index (χ0v) is 10.7. The Hall–Kier alpha value is -1.75. The molecule has 0 aliphatic carbocycles. The highest BCUT2D eigenvalue weighted by atomic mass is 16.6. The fourth-order valence-electron chi connectivity index (χ4n) is 2.35. The van der Waals surface area contributed by atoms with Gasteiger partial charge < -0.3 is 19.5 Å². The van der Waals surface area contributed by atoms with Crippen LogP contribution in [0.5, 0.6) is 11.5 Å². The molecule has 0 aromatic heterocycles. The number of ether oxygens (including phenoxy) is 3. The summed E-state index contributed by atoms with van der Waals surface area (Å²) in [5.74, 6) is 1.38. The van der Waals surface area contributed by atoms with Gasteiger partial charge in [-0.25, -0.2) is 0 Å². The van der Waals surface area contributed by atoms with Crippen LogP contribution in [0.15, 0.2) is 18.2 Å². The number of hydrogen-bond acceptors (Lipinski definition) is 4. The van der Waals surface area contributed by atoms with Crippen molar-refractivity contribution in [1.29, 1.82) is 0 Å². The third-order valence-corrected chi connectivity index (χ3v) is 3.26. The van der Waals surface area contributed by atoms with Gasteiger partial charge in [0.25, 0.3) is 0 Å². The molecule has 1 amide bonds.